The number of carbonyl (C=O) groups excluding carboxylic acids is 1. The third kappa shape index (κ3) is 2.23. The van der Waals surface area contributed by atoms with Crippen LogP contribution in [0.1, 0.15) is 13.3 Å². The summed E-state index contributed by atoms with van der Waals surface area (Å²) in [5.74, 6) is -1.55. The lowest BCUT2D eigenvalue weighted by Gasteiger charge is -2.23. The molecule has 14 heavy (non-hydrogen) atoms. The molecule has 0 aliphatic carbocycles. The minimum atomic E-state index is -0.898. The van der Waals surface area contributed by atoms with Gasteiger partial charge in [-0.2, -0.15) is 0 Å². The molecule has 80 valence electrons. The average Bonchev–Trinajstić information content (AvgIpc) is 2.48. The first-order valence-electron chi connectivity index (χ1n) is 4.57. The number of aliphatic carboxylic acids is 1. The Hall–Kier alpha value is -1.10. The predicted molar refractivity (Wildman–Crippen MR) is 48.8 cm³/mol. The van der Waals surface area contributed by atoms with Crippen LogP contribution in [0.2, 0.25) is 0 Å². The predicted octanol–water partition coefficient (Wildman–Crippen LogP) is -0.0456. The van der Waals surface area contributed by atoms with Crippen LogP contribution in [-0.2, 0) is 14.3 Å². The van der Waals surface area contributed by atoms with Crippen molar-refractivity contribution in [3.8, 4) is 0 Å². The molecule has 1 heterocycles. The standard InChI is InChI=1S/C9H15NO4/c1-6(5-14-2)10-4-7(9(12)13)3-8(10)11/h6-7H,3-5H2,1-2H3,(H,12,13)/t6-,7-/m1/s1. The van der Waals surface area contributed by atoms with Gasteiger partial charge in [-0.25, -0.2) is 0 Å². The molecule has 5 nitrogen and oxygen atoms in total. The second kappa shape index (κ2) is 4.41. The first-order chi connectivity index (χ1) is 6.56. The second-order valence-corrected chi connectivity index (χ2v) is 3.59. The quantitative estimate of drug-likeness (QED) is 0.692. The van der Waals surface area contributed by atoms with E-state index in [1.54, 1.807) is 12.0 Å². The number of methoxy groups -OCH3 is 1. The normalized spacial score (nSPS) is 24.0. The summed E-state index contributed by atoms with van der Waals surface area (Å²) in [6.07, 6.45) is 0.114. The summed E-state index contributed by atoms with van der Waals surface area (Å²) >= 11 is 0. The molecule has 0 aromatic rings. The Morgan fingerprint density at radius 2 is 2.43 bits per heavy atom. The molecule has 0 bridgehead atoms. The van der Waals surface area contributed by atoms with Gasteiger partial charge in [0.25, 0.3) is 0 Å². The topological polar surface area (TPSA) is 66.8 Å². The van der Waals surface area contributed by atoms with E-state index in [1.165, 1.54) is 0 Å². The number of carboxylic acid groups (broad SMARTS) is 1. The molecule has 1 rings (SSSR count). The summed E-state index contributed by atoms with van der Waals surface area (Å²) in [5.41, 5.74) is 0. The highest BCUT2D eigenvalue weighted by atomic mass is 16.5. The van der Waals surface area contributed by atoms with Gasteiger partial charge in [-0.05, 0) is 6.92 Å². The maximum atomic E-state index is 11.4. The molecule has 1 fully saturated rings. The Kier molecular flexibility index (Phi) is 3.46. The van der Waals surface area contributed by atoms with E-state index in [-0.39, 0.29) is 18.4 Å². The van der Waals surface area contributed by atoms with E-state index in [2.05, 4.69) is 0 Å². The van der Waals surface area contributed by atoms with Gasteiger partial charge in [0.15, 0.2) is 0 Å². The van der Waals surface area contributed by atoms with E-state index in [9.17, 15) is 9.59 Å². The zero-order chi connectivity index (χ0) is 10.7. The van der Waals surface area contributed by atoms with Crippen LogP contribution in [0.15, 0.2) is 0 Å². The minimum absolute atomic E-state index is 0.0446. The Morgan fingerprint density at radius 1 is 1.79 bits per heavy atom. The number of rotatable bonds is 4. The zero-order valence-electron chi connectivity index (χ0n) is 8.40. The number of hydrogen-bond donors (Lipinski definition) is 1. The fourth-order valence-electron chi connectivity index (χ4n) is 1.65. The minimum Gasteiger partial charge on any atom is -0.481 e. The SMILES string of the molecule is COC[C@@H](C)N1C[C@H](C(=O)O)CC1=O. The van der Waals surface area contributed by atoms with Crippen molar-refractivity contribution >= 4 is 11.9 Å². The van der Waals surface area contributed by atoms with E-state index in [4.69, 9.17) is 9.84 Å². The van der Waals surface area contributed by atoms with Crippen molar-refractivity contribution in [3.63, 3.8) is 0 Å². The molecule has 5 heteroatoms. The van der Waals surface area contributed by atoms with Gasteiger partial charge in [0, 0.05) is 20.1 Å². The van der Waals surface area contributed by atoms with Crippen molar-refractivity contribution in [2.45, 2.75) is 19.4 Å². The lowest BCUT2D eigenvalue weighted by molar-refractivity contribution is -0.141. The first kappa shape index (κ1) is 11.0. The molecule has 0 spiro atoms. The van der Waals surface area contributed by atoms with Crippen molar-refractivity contribution < 1.29 is 19.4 Å². The molecular formula is C9H15NO4. The maximum Gasteiger partial charge on any atom is 0.308 e. The number of ether oxygens (including phenoxy) is 1. The van der Waals surface area contributed by atoms with Gasteiger partial charge in [0.05, 0.1) is 18.6 Å². The molecular weight excluding hydrogens is 186 g/mol. The molecule has 1 amide bonds. The van der Waals surface area contributed by atoms with Gasteiger partial charge in [-0.15, -0.1) is 0 Å². The summed E-state index contributed by atoms with van der Waals surface area (Å²) < 4.78 is 4.92. The highest BCUT2D eigenvalue weighted by Crippen LogP contribution is 2.20. The van der Waals surface area contributed by atoms with Crippen molar-refractivity contribution in [1.29, 1.82) is 0 Å². The van der Waals surface area contributed by atoms with Crippen LogP contribution in [0, 0.1) is 5.92 Å². The smallest absolute Gasteiger partial charge is 0.308 e. The Balaban J connectivity index is 2.56. The molecule has 1 saturated heterocycles. The highest BCUT2D eigenvalue weighted by Gasteiger charge is 2.36. The molecule has 1 aliphatic rings. The Labute approximate surface area is 82.6 Å². The van der Waals surface area contributed by atoms with E-state index in [0.29, 0.717) is 13.2 Å². The van der Waals surface area contributed by atoms with Crippen LogP contribution in [0.3, 0.4) is 0 Å². The fraction of sp³-hybridized carbons (Fsp3) is 0.778. The van der Waals surface area contributed by atoms with Crippen molar-refractivity contribution in [2.75, 3.05) is 20.3 Å². The fourth-order valence-corrected chi connectivity index (χ4v) is 1.65. The van der Waals surface area contributed by atoms with Crippen LogP contribution >= 0.6 is 0 Å². The van der Waals surface area contributed by atoms with Gasteiger partial charge in [-0.1, -0.05) is 0 Å². The molecule has 0 saturated carbocycles. The van der Waals surface area contributed by atoms with Gasteiger partial charge >= 0.3 is 5.97 Å². The van der Waals surface area contributed by atoms with Crippen LogP contribution < -0.4 is 0 Å². The second-order valence-electron chi connectivity index (χ2n) is 3.59. The lowest BCUT2D eigenvalue weighted by Crippen LogP contribution is -2.37. The Morgan fingerprint density at radius 3 is 2.86 bits per heavy atom. The van der Waals surface area contributed by atoms with Gasteiger partial charge in [0.1, 0.15) is 0 Å². The van der Waals surface area contributed by atoms with Crippen LogP contribution in [-0.4, -0.2) is 48.2 Å². The summed E-state index contributed by atoms with van der Waals surface area (Å²) in [7, 11) is 1.56. The van der Waals surface area contributed by atoms with Crippen molar-refractivity contribution in [2.24, 2.45) is 5.92 Å². The number of carboxylic acids is 1. The van der Waals surface area contributed by atoms with E-state index < -0.39 is 11.9 Å². The summed E-state index contributed by atoms with van der Waals surface area (Å²) in [6.45, 7) is 2.60. The molecule has 2 atom stereocenters. The monoisotopic (exact) mass is 201 g/mol. The number of carbonyl (C=O) groups is 2. The van der Waals surface area contributed by atoms with E-state index >= 15 is 0 Å². The zero-order valence-corrected chi connectivity index (χ0v) is 8.40. The summed E-state index contributed by atoms with van der Waals surface area (Å²) in [6, 6.07) is -0.0446. The molecule has 1 aliphatic heterocycles. The average molecular weight is 201 g/mol. The number of nitrogens with zero attached hydrogens (tertiary/aromatic N) is 1. The number of likely N-dealkylation sites (tertiary alicyclic amines) is 1. The largest absolute Gasteiger partial charge is 0.481 e. The van der Waals surface area contributed by atoms with Gasteiger partial charge < -0.3 is 14.7 Å². The molecule has 0 unspecified atom stereocenters. The number of amides is 1. The molecule has 0 aromatic heterocycles. The van der Waals surface area contributed by atoms with Gasteiger partial charge in [0.2, 0.25) is 5.91 Å². The van der Waals surface area contributed by atoms with Crippen molar-refractivity contribution in [3.05, 3.63) is 0 Å². The molecule has 0 radical (unpaired) electrons. The van der Waals surface area contributed by atoms with E-state index in [1.807, 2.05) is 6.92 Å². The third-order valence-electron chi connectivity index (χ3n) is 2.45. The Bertz CT molecular complexity index is 241. The van der Waals surface area contributed by atoms with Crippen molar-refractivity contribution in [1.82, 2.24) is 4.90 Å². The highest BCUT2D eigenvalue weighted by molar-refractivity contribution is 5.86. The van der Waals surface area contributed by atoms with Crippen LogP contribution in [0.4, 0.5) is 0 Å². The maximum absolute atomic E-state index is 11.4. The molecule has 0 aromatic carbocycles. The lowest BCUT2D eigenvalue weighted by atomic mass is 10.1. The summed E-state index contributed by atoms with van der Waals surface area (Å²) in [5, 5.41) is 8.75. The van der Waals surface area contributed by atoms with Gasteiger partial charge in [-0.3, -0.25) is 9.59 Å². The van der Waals surface area contributed by atoms with Crippen LogP contribution in [0.5, 0.6) is 0 Å². The molecule has 1 N–H and O–H groups in total. The van der Waals surface area contributed by atoms with Crippen LogP contribution in [0.25, 0.3) is 0 Å². The van der Waals surface area contributed by atoms with E-state index in [0.717, 1.165) is 0 Å². The summed E-state index contributed by atoms with van der Waals surface area (Å²) in [4.78, 5) is 23.6. The first-order valence-corrected chi connectivity index (χ1v) is 4.57. The number of hydrogen-bond acceptors (Lipinski definition) is 3. The third-order valence-corrected chi connectivity index (χ3v) is 2.45.